The number of hydrogen-bond donors (Lipinski definition) is 1. The van der Waals surface area contributed by atoms with Crippen LogP contribution < -0.4 is 34.7 Å². The fraction of sp³-hybridized carbons (Fsp3) is 0.421. The van der Waals surface area contributed by atoms with E-state index in [0.29, 0.717) is 12.0 Å². The average molecular weight is 378 g/mol. The van der Waals surface area contributed by atoms with Gasteiger partial charge < -0.3 is 24.7 Å². The summed E-state index contributed by atoms with van der Waals surface area (Å²) in [6.07, 6.45) is -1.05. The summed E-state index contributed by atoms with van der Waals surface area (Å²) in [4.78, 5) is 30.8. The van der Waals surface area contributed by atoms with E-state index in [9.17, 15) is 19.8 Å². The number of benzene rings is 1. The Balaban J connectivity index is 0.00000210. The van der Waals surface area contributed by atoms with Crippen LogP contribution in [0.25, 0.3) is 0 Å². The third kappa shape index (κ3) is 3.02. The van der Waals surface area contributed by atoms with Crippen LogP contribution in [-0.2, 0) is 14.4 Å². The number of fused-ring (bicyclic) bond motifs is 1. The molecule has 0 radical (unpaired) electrons. The molecule has 5 atom stereocenters. The number of amides is 1. The van der Waals surface area contributed by atoms with Gasteiger partial charge in [-0.15, -0.1) is 0 Å². The zero-order valence-corrected chi connectivity index (χ0v) is 17.5. The smallest absolute Gasteiger partial charge is 0.543 e. The number of β-lactam (4-membered cyclic amide) rings is 1. The summed E-state index contributed by atoms with van der Waals surface area (Å²) >= 11 is 0. The first-order valence-corrected chi connectivity index (χ1v) is 8.66. The predicted molar refractivity (Wildman–Crippen MR) is 89.5 cm³/mol. The topological polar surface area (TPSA) is 102 Å². The molecule has 7 nitrogen and oxygen atoms in total. The van der Waals surface area contributed by atoms with Crippen molar-refractivity contribution in [1.82, 2.24) is 4.90 Å². The van der Waals surface area contributed by atoms with Crippen molar-refractivity contribution in [2.75, 3.05) is 0 Å². The minimum Gasteiger partial charge on any atom is -0.543 e. The molecule has 0 spiro atoms. The summed E-state index contributed by atoms with van der Waals surface area (Å²) in [6.45, 7) is 3.47. The Morgan fingerprint density at radius 1 is 1.37 bits per heavy atom. The third-order valence-corrected chi connectivity index (χ3v) is 5.52. The van der Waals surface area contributed by atoms with E-state index < -0.39 is 24.1 Å². The van der Waals surface area contributed by atoms with Crippen LogP contribution in [0.4, 0.5) is 0 Å². The minimum absolute atomic E-state index is 0. The van der Waals surface area contributed by atoms with Crippen molar-refractivity contribution in [3.63, 3.8) is 0 Å². The number of carboxylic acid groups (broad SMARTS) is 1. The Bertz CT molecular complexity index is 836. The molecule has 3 aliphatic heterocycles. The van der Waals surface area contributed by atoms with Crippen LogP contribution in [0.3, 0.4) is 0 Å². The molecule has 0 aliphatic carbocycles. The quantitative estimate of drug-likeness (QED) is 0.446. The fourth-order valence-electron chi connectivity index (χ4n) is 4.27. The van der Waals surface area contributed by atoms with Gasteiger partial charge >= 0.3 is 29.6 Å². The molecule has 1 fully saturated rings. The van der Waals surface area contributed by atoms with Crippen molar-refractivity contribution < 1.29 is 54.2 Å². The number of carbonyl (C=O) groups excluding carboxylic acids is 2. The van der Waals surface area contributed by atoms with Crippen LogP contribution in [0.5, 0.6) is 0 Å². The Hall–Kier alpha value is -1.67. The molecular weight excluding hydrogens is 359 g/mol. The first-order chi connectivity index (χ1) is 12.4. The van der Waals surface area contributed by atoms with Crippen LogP contribution >= 0.6 is 0 Å². The second kappa shape index (κ2) is 7.39. The molecule has 1 saturated heterocycles. The van der Waals surface area contributed by atoms with Crippen LogP contribution in [0, 0.1) is 11.8 Å². The average Bonchev–Trinajstić information content (AvgIpc) is 3.13. The zero-order chi connectivity index (χ0) is 18.6. The monoisotopic (exact) mass is 378 g/mol. The van der Waals surface area contributed by atoms with E-state index in [2.05, 4.69) is 5.16 Å². The number of rotatable bonds is 4. The van der Waals surface area contributed by atoms with Crippen LogP contribution in [-0.4, -0.2) is 45.8 Å². The van der Waals surface area contributed by atoms with Crippen molar-refractivity contribution >= 4 is 17.6 Å². The van der Waals surface area contributed by atoms with E-state index in [4.69, 9.17) is 4.84 Å². The zero-order valence-electron chi connectivity index (χ0n) is 15.5. The first-order valence-electron chi connectivity index (χ1n) is 8.66. The van der Waals surface area contributed by atoms with Gasteiger partial charge in [-0.05, 0) is 18.9 Å². The molecule has 3 heterocycles. The van der Waals surface area contributed by atoms with E-state index in [0.717, 1.165) is 11.3 Å². The van der Waals surface area contributed by atoms with Crippen molar-refractivity contribution in [3.8, 4) is 0 Å². The molecule has 136 valence electrons. The number of nitrogens with zero attached hydrogens (tertiary/aromatic N) is 2. The van der Waals surface area contributed by atoms with Gasteiger partial charge in [-0.1, -0.05) is 42.4 Å². The number of carboxylic acids is 1. The van der Waals surface area contributed by atoms with Crippen LogP contribution in [0.1, 0.15) is 25.8 Å². The first kappa shape index (κ1) is 20.1. The molecule has 0 saturated carbocycles. The summed E-state index contributed by atoms with van der Waals surface area (Å²) in [7, 11) is 0. The number of aliphatic hydroxyl groups excluding tert-OH is 1. The molecule has 27 heavy (non-hydrogen) atoms. The van der Waals surface area contributed by atoms with Crippen LogP contribution in [0.15, 0.2) is 46.8 Å². The molecular formula is C19H19N2NaO5. The van der Waals surface area contributed by atoms with Gasteiger partial charge in [-0.3, -0.25) is 4.79 Å². The Morgan fingerprint density at radius 2 is 2.04 bits per heavy atom. The predicted octanol–water partition coefficient (Wildman–Crippen LogP) is -2.95. The Labute approximate surface area is 179 Å². The molecule has 1 amide bonds. The van der Waals surface area contributed by atoms with E-state index >= 15 is 0 Å². The molecule has 1 aromatic rings. The summed E-state index contributed by atoms with van der Waals surface area (Å²) in [5.74, 6) is -2.54. The summed E-state index contributed by atoms with van der Waals surface area (Å²) in [5.41, 5.74) is 2.04. The largest absolute Gasteiger partial charge is 1.00 e. The summed E-state index contributed by atoms with van der Waals surface area (Å²) in [6, 6.07) is 9.19. The van der Waals surface area contributed by atoms with E-state index in [1.54, 1.807) is 6.92 Å². The maximum atomic E-state index is 12.3. The van der Waals surface area contributed by atoms with Gasteiger partial charge in [0, 0.05) is 11.5 Å². The van der Waals surface area contributed by atoms with Gasteiger partial charge in [-0.2, -0.15) is 0 Å². The second-order valence-corrected chi connectivity index (χ2v) is 7.06. The molecule has 1 N–H and O–H groups in total. The normalized spacial score (nSPS) is 30.1. The molecule has 0 bridgehead atoms. The van der Waals surface area contributed by atoms with Gasteiger partial charge in [-0.25, -0.2) is 0 Å². The molecule has 1 aromatic carbocycles. The number of oxime groups is 1. The number of aliphatic hydroxyl groups is 1. The van der Waals surface area contributed by atoms with E-state index in [1.165, 1.54) is 4.90 Å². The van der Waals surface area contributed by atoms with Gasteiger partial charge in [0.25, 0.3) is 0 Å². The molecule has 3 aliphatic rings. The Kier molecular flexibility index (Phi) is 5.49. The number of carbonyl (C=O) groups is 2. The minimum atomic E-state index is -1.40. The second-order valence-electron chi connectivity index (χ2n) is 7.06. The maximum absolute atomic E-state index is 12.3. The fourth-order valence-corrected chi connectivity index (χ4v) is 4.27. The molecule has 4 rings (SSSR count). The van der Waals surface area contributed by atoms with Gasteiger partial charge in [0.05, 0.1) is 35.4 Å². The molecule has 0 unspecified atom stereocenters. The van der Waals surface area contributed by atoms with Gasteiger partial charge in [0.2, 0.25) is 5.91 Å². The number of aliphatic carboxylic acids is 1. The summed E-state index contributed by atoms with van der Waals surface area (Å²) in [5, 5.41) is 25.7. The van der Waals surface area contributed by atoms with Crippen molar-refractivity contribution in [1.29, 1.82) is 0 Å². The molecule has 0 aromatic heterocycles. The third-order valence-electron chi connectivity index (χ3n) is 5.52. The van der Waals surface area contributed by atoms with Gasteiger partial charge in [0.1, 0.15) is 0 Å². The SMILES string of the molecule is C[C@@H](O)[C@H]1C(=O)N2C(C(=O)[O-])=C([C@@H]3ON=C(c4ccccc4)[C@@H]3C)C[C@H]12.[Na+]. The van der Waals surface area contributed by atoms with Crippen molar-refractivity contribution in [2.24, 2.45) is 17.0 Å². The van der Waals surface area contributed by atoms with Crippen LogP contribution in [0.2, 0.25) is 0 Å². The van der Waals surface area contributed by atoms with Crippen molar-refractivity contribution in [2.45, 2.75) is 38.5 Å². The summed E-state index contributed by atoms with van der Waals surface area (Å²) < 4.78 is 0. The van der Waals surface area contributed by atoms with Crippen molar-refractivity contribution in [3.05, 3.63) is 47.2 Å². The number of hydrogen-bond acceptors (Lipinski definition) is 6. The Morgan fingerprint density at radius 3 is 2.63 bits per heavy atom. The van der Waals surface area contributed by atoms with E-state index in [-0.39, 0.29) is 53.1 Å². The standard InChI is InChI=1S/C19H20N2O5.Na/c1-9-15(11-6-4-3-5-7-11)20-26-17(9)12-8-13-14(10(2)22)18(23)21(13)16(12)19(24)25;/h3-7,9-10,13-14,17,22H,8H2,1-2H3,(H,24,25);/q;+1/p-1/t9-,10+,13+,14+,17+;/m0./s1. The van der Waals surface area contributed by atoms with E-state index in [1.807, 2.05) is 37.3 Å². The van der Waals surface area contributed by atoms with Gasteiger partial charge in [0.15, 0.2) is 6.10 Å². The molecule has 8 heteroatoms. The maximum Gasteiger partial charge on any atom is 1.00 e.